The molecule has 1 aliphatic heterocycles. The van der Waals surface area contributed by atoms with Crippen molar-refractivity contribution in [2.75, 3.05) is 19.4 Å². The molecule has 1 saturated heterocycles. The van der Waals surface area contributed by atoms with Crippen molar-refractivity contribution in [3.8, 4) is 5.75 Å². The summed E-state index contributed by atoms with van der Waals surface area (Å²) in [5.74, 6) is -0.293. The van der Waals surface area contributed by atoms with Gasteiger partial charge in [-0.1, -0.05) is 13.8 Å². The van der Waals surface area contributed by atoms with Crippen molar-refractivity contribution in [2.45, 2.75) is 66.5 Å². The SMILES string of the molecule is CCOP(=O)(CC[C@H]1O[C@H](Oc2ccc([N+](=O)[O-])c(C)c2)[C@@H](C)[C@@H](C)[C@@H]1OC(C)=O)OCC. The van der Waals surface area contributed by atoms with E-state index in [4.69, 9.17) is 23.3 Å². The molecule has 1 heterocycles. The monoisotopic (exact) mass is 487 g/mol. The predicted molar refractivity (Wildman–Crippen MR) is 121 cm³/mol. The summed E-state index contributed by atoms with van der Waals surface area (Å²) in [7, 11) is -3.31. The minimum Gasteiger partial charge on any atom is -0.465 e. The van der Waals surface area contributed by atoms with Gasteiger partial charge in [0.2, 0.25) is 6.29 Å². The maximum absolute atomic E-state index is 12.9. The van der Waals surface area contributed by atoms with Crippen LogP contribution in [0.4, 0.5) is 5.69 Å². The summed E-state index contributed by atoms with van der Waals surface area (Å²) >= 11 is 0. The van der Waals surface area contributed by atoms with Crippen molar-refractivity contribution >= 4 is 19.3 Å². The molecule has 1 aliphatic rings. The topological polar surface area (TPSA) is 123 Å². The highest BCUT2D eigenvalue weighted by molar-refractivity contribution is 7.53. The van der Waals surface area contributed by atoms with Crippen LogP contribution >= 0.6 is 7.60 Å². The van der Waals surface area contributed by atoms with Crippen LogP contribution in [0.25, 0.3) is 0 Å². The number of carbonyl (C=O) groups is 1. The van der Waals surface area contributed by atoms with Crippen molar-refractivity contribution < 1.29 is 37.5 Å². The molecule has 0 amide bonds. The average molecular weight is 487 g/mol. The van der Waals surface area contributed by atoms with Crippen molar-refractivity contribution in [3.63, 3.8) is 0 Å². The number of nitrogens with zero attached hydrogens (tertiary/aromatic N) is 1. The minimum atomic E-state index is -3.31. The van der Waals surface area contributed by atoms with Gasteiger partial charge in [0.15, 0.2) is 0 Å². The van der Waals surface area contributed by atoms with Crippen LogP contribution in [0.3, 0.4) is 0 Å². The van der Waals surface area contributed by atoms with E-state index < -0.39 is 37.0 Å². The molecule has 0 spiro atoms. The van der Waals surface area contributed by atoms with Crippen LogP contribution in [-0.4, -0.2) is 48.8 Å². The lowest BCUT2D eigenvalue weighted by atomic mass is 9.83. The smallest absolute Gasteiger partial charge is 0.330 e. The zero-order chi connectivity index (χ0) is 24.8. The molecular formula is C22H34NO9P. The third-order valence-electron chi connectivity index (χ3n) is 5.71. The molecule has 10 nitrogen and oxygen atoms in total. The molecule has 0 aliphatic carbocycles. The fraction of sp³-hybridized carbons (Fsp3) is 0.682. The van der Waals surface area contributed by atoms with E-state index in [2.05, 4.69) is 0 Å². The van der Waals surface area contributed by atoms with E-state index in [9.17, 15) is 19.5 Å². The normalized spacial score (nSPS) is 25.5. The maximum atomic E-state index is 12.9. The van der Waals surface area contributed by atoms with E-state index in [-0.39, 0.29) is 43.3 Å². The molecule has 0 bridgehead atoms. The fourth-order valence-corrected chi connectivity index (χ4v) is 5.58. The van der Waals surface area contributed by atoms with Gasteiger partial charge in [0, 0.05) is 30.4 Å². The standard InChI is InChI=1S/C22H34NO9P/c1-7-28-33(27,29-8-2)12-11-20-21(30-17(6)24)15(4)16(5)22(32-20)31-18-9-10-19(23(25)26)14(3)13-18/h9-10,13,15-16,20-22H,7-8,11-12H2,1-6H3/t15-,16+,20-,21+,22+/m1/s1. The second kappa shape index (κ2) is 11.9. The highest BCUT2D eigenvalue weighted by atomic mass is 31.2. The predicted octanol–water partition coefficient (Wildman–Crippen LogP) is 4.87. The number of esters is 1. The van der Waals surface area contributed by atoms with Crippen LogP contribution in [0, 0.1) is 28.9 Å². The quantitative estimate of drug-likeness (QED) is 0.186. The van der Waals surface area contributed by atoms with Crippen LogP contribution in [0.2, 0.25) is 0 Å². The highest BCUT2D eigenvalue weighted by Gasteiger charge is 2.45. The third kappa shape index (κ3) is 7.24. The Hall–Kier alpha value is -2.00. The first-order valence-corrected chi connectivity index (χ1v) is 12.9. The van der Waals surface area contributed by atoms with Crippen LogP contribution < -0.4 is 4.74 Å². The highest BCUT2D eigenvalue weighted by Crippen LogP contribution is 2.49. The number of benzene rings is 1. The first-order valence-electron chi connectivity index (χ1n) is 11.1. The zero-order valence-electron chi connectivity index (χ0n) is 20.0. The van der Waals surface area contributed by atoms with Crippen molar-refractivity contribution in [2.24, 2.45) is 11.8 Å². The Morgan fingerprint density at radius 1 is 1.18 bits per heavy atom. The van der Waals surface area contributed by atoms with Crippen molar-refractivity contribution in [3.05, 3.63) is 33.9 Å². The lowest BCUT2D eigenvalue weighted by Crippen LogP contribution is -2.53. The van der Waals surface area contributed by atoms with E-state index >= 15 is 0 Å². The van der Waals surface area contributed by atoms with E-state index in [0.717, 1.165) is 0 Å². The molecule has 0 aromatic heterocycles. The lowest BCUT2D eigenvalue weighted by Gasteiger charge is -2.44. The Kier molecular flexibility index (Phi) is 9.84. The molecular weight excluding hydrogens is 453 g/mol. The van der Waals surface area contributed by atoms with Gasteiger partial charge < -0.3 is 23.3 Å². The Morgan fingerprint density at radius 3 is 2.33 bits per heavy atom. The Balaban J connectivity index is 2.23. The van der Waals surface area contributed by atoms with E-state index in [0.29, 0.717) is 11.3 Å². The second-order valence-electron chi connectivity index (χ2n) is 8.12. The van der Waals surface area contributed by atoms with Crippen LogP contribution in [0.15, 0.2) is 18.2 Å². The number of hydrogen-bond acceptors (Lipinski definition) is 9. The van der Waals surface area contributed by atoms with Gasteiger partial charge >= 0.3 is 13.6 Å². The zero-order valence-corrected chi connectivity index (χ0v) is 20.9. The summed E-state index contributed by atoms with van der Waals surface area (Å²) in [5, 5.41) is 11.1. The maximum Gasteiger partial charge on any atom is 0.330 e. The summed E-state index contributed by atoms with van der Waals surface area (Å²) < 4.78 is 41.5. The van der Waals surface area contributed by atoms with Gasteiger partial charge in [-0.3, -0.25) is 19.5 Å². The van der Waals surface area contributed by atoms with Crippen molar-refractivity contribution in [1.82, 2.24) is 0 Å². The van der Waals surface area contributed by atoms with Gasteiger partial charge in [0.05, 0.1) is 30.4 Å². The van der Waals surface area contributed by atoms with Gasteiger partial charge in [-0.05, 0) is 39.3 Å². The Bertz CT molecular complexity index is 867. The summed E-state index contributed by atoms with van der Waals surface area (Å²) in [4.78, 5) is 22.4. The number of nitro groups is 1. The van der Waals surface area contributed by atoms with Crippen LogP contribution in [0.1, 0.15) is 46.6 Å². The molecule has 0 N–H and O–H groups in total. The molecule has 11 heteroatoms. The molecule has 1 aromatic rings. The van der Waals surface area contributed by atoms with E-state index in [1.54, 1.807) is 26.8 Å². The number of hydrogen-bond donors (Lipinski definition) is 0. The number of rotatable bonds is 11. The van der Waals surface area contributed by atoms with E-state index in [1.807, 2.05) is 13.8 Å². The van der Waals surface area contributed by atoms with Gasteiger partial charge in [-0.15, -0.1) is 0 Å². The minimum absolute atomic E-state index is 0.00345. The first-order chi connectivity index (χ1) is 15.5. The molecule has 1 aromatic carbocycles. The summed E-state index contributed by atoms with van der Waals surface area (Å²) in [6.07, 6.45) is -1.49. The molecule has 33 heavy (non-hydrogen) atoms. The lowest BCUT2D eigenvalue weighted by molar-refractivity contribution is -0.385. The first kappa shape index (κ1) is 27.2. The summed E-state index contributed by atoms with van der Waals surface area (Å²) in [5.41, 5.74) is 0.474. The van der Waals surface area contributed by atoms with Crippen LogP contribution in [-0.2, 0) is 27.9 Å². The fourth-order valence-electron chi connectivity index (χ4n) is 3.89. The summed E-state index contributed by atoms with van der Waals surface area (Å²) in [6, 6.07) is 4.50. The Morgan fingerprint density at radius 2 is 1.82 bits per heavy atom. The van der Waals surface area contributed by atoms with Gasteiger partial charge in [0.1, 0.15) is 11.9 Å². The van der Waals surface area contributed by atoms with E-state index in [1.165, 1.54) is 19.1 Å². The molecule has 1 fully saturated rings. The molecule has 186 valence electrons. The number of aryl methyl sites for hydroxylation is 1. The Labute approximate surface area is 194 Å². The molecule has 0 saturated carbocycles. The summed E-state index contributed by atoms with van der Waals surface area (Å²) in [6.45, 7) is 10.8. The van der Waals surface area contributed by atoms with Gasteiger partial charge in [-0.2, -0.15) is 0 Å². The molecule has 2 rings (SSSR count). The molecule has 0 radical (unpaired) electrons. The largest absolute Gasteiger partial charge is 0.465 e. The van der Waals surface area contributed by atoms with Gasteiger partial charge in [-0.25, -0.2) is 0 Å². The molecule has 0 unspecified atom stereocenters. The van der Waals surface area contributed by atoms with Gasteiger partial charge in [0.25, 0.3) is 5.69 Å². The van der Waals surface area contributed by atoms with Crippen molar-refractivity contribution in [1.29, 1.82) is 0 Å². The number of carbonyl (C=O) groups excluding carboxylic acids is 1. The third-order valence-corrected chi connectivity index (χ3v) is 7.82. The number of nitro benzene ring substituents is 1. The molecule has 5 atom stereocenters. The second-order valence-corrected chi connectivity index (χ2v) is 10.3. The average Bonchev–Trinajstić information content (AvgIpc) is 2.72. The number of ether oxygens (including phenoxy) is 3. The van der Waals surface area contributed by atoms with Crippen LogP contribution in [0.5, 0.6) is 5.75 Å².